The van der Waals surface area contributed by atoms with E-state index in [9.17, 15) is 14.4 Å². The number of nitrogens with zero attached hydrogens (tertiary/aromatic N) is 1. The summed E-state index contributed by atoms with van der Waals surface area (Å²) in [5.74, 6) is -1.33. The number of benzene rings is 1. The van der Waals surface area contributed by atoms with Gasteiger partial charge in [0.2, 0.25) is 11.8 Å². The van der Waals surface area contributed by atoms with Crippen molar-refractivity contribution in [2.75, 3.05) is 0 Å². The highest BCUT2D eigenvalue weighted by Gasteiger charge is 2.68. The van der Waals surface area contributed by atoms with Crippen LogP contribution in [-0.2, 0) is 20.9 Å². The SMILES string of the molecule is CC(C)(C)OC(=O)NC1[C@H]2C(=O)N(Cc3ccccc3)C(=O)[C@@H]12. The minimum atomic E-state index is -0.610. The Morgan fingerprint density at radius 2 is 1.70 bits per heavy atom. The number of hydrogen-bond donors (Lipinski definition) is 1. The average Bonchev–Trinajstić information content (AvgIpc) is 3.09. The van der Waals surface area contributed by atoms with Crippen molar-refractivity contribution in [2.24, 2.45) is 11.8 Å². The molecule has 1 unspecified atom stereocenters. The molecule has 6 heteroatoms. The lowest BCUT2D eigenvalue weighted by Gasteiger charge is -2.21. The molecule has 0 aromatic heterocycles. The van der Waals surface area contributed by atoms with E-state index in [1.165, 1.54) is 4.90 Å². The van der Waals surface area contributed by atoms with Crippen molar-refractivity contribution in [3.8, 4) is 0 Å². The van der Waals surface area contributed by atoms with Gasteiger partial charge in [-0.2, -0.15) is 0 Å². The topological polar surface area (TPSA) is 75.7 Å². The normalized spacial score (nSPS) is 26.0. The molecule has 0 spiro atoms. The lowest BCUT2D eigenvalue weighted by atomic mass is 10.2. The van der Waals surface area contributed by atoms with Crippen LogP contribution in [0.4, 0.5) is 4.79 Å². The number of hydrogen-bond acceptors (Lipinski definition) is 4. The summed E-state index contributed by atoms with van der Waals surface area (Å²) in [5.41, 5.74) is 0.300. The van der Waals surface area contributed by atoms with Gasteiger partial charge < -0.3 is 10.1 Å². The zero-order chi connectivity index (χ0) is 16.8. The first kappa shape index (κ1) is 15.5. The number of nitrogens with one attached hydrogen (secondary N) is 1. The third-order valence-electron chi connectivity index (χ3n) is 3.99. The van der Waals surface area contributed by atoms with Crippen molar-refractivity contribution < 1.29 is 19.1 Å². The van der Waals surface area contributed by atoms with Gasteiger partial charge in [0.05, 0.1) is 24.4 Å². The second kappa shape index (κ2) is 5.37. The molecule has 6 nitrogen and oxygen atoms in total. The zero-order valence-corrected chi connectivity index (χ0v) is 13.4. The first-order valence-corrected chi connectivity index (χ1v) is 7.66. The van der Waals surface area contributed by atoms with E-state index in [-0.39, 0.29) is 18.4 Å². The van der Waals surface area contributed by atoms with Crippen LogP contribution in [-0.4, -0.2) is 34.5 Å². The summed E-state index contributed by atoms with van der Waals surface area (Å²) in [5, 5.41) is 2.63. The molecule has 1 N–H and O–H groups in total. The number of carbonyl (C=O) groups excluding carboxylic acids is 3. The van der Waals surface area contributed by atoms with Gasteiger partial charge in [-0.3, -0.25) is 14.5 Å². The average molecular weight is 316 g/mol. The van der Waals surface area contributed by atoms with E-state index < -0.39 is 29.6 Å². The summed E-state index contributed by atoms with van der Waals surface area (Å²) in [6.07, 6.45) is -0.591. The summed E-state index contributed by atoms with van der Waals surface area (Å²) in [6.45, 7) is 5.57. The standard InChI is InChI=1S/C17H20N2O4/c1-17(2,3)23-16(22)18-13-11-12(13)15(21)19(14(11)20)9-10-7-5-4-6-8-10/h4-8,11-13H,9H2,1-3H3,(H,18,22)/t11-,12+,13?. The number of imide groups is 1. The number of piperidine rings is 1. The number of rotatable bonds is 3. The second-order valence-electron chi connectivity index (χ2n) is 6.97. The van der Waals surface area contributed by atoms with Crippen LogP contribution >= 0.6 is 0 Å². The van der Waals surface area contributed by atoms with Gasteiger partial charge in [0.1, 0.15) is 5.60 Å². The van der Waals surface area contributed by atoms with Crippen LogP contribution in [0.15, 0.2) is 30.3 Å². The van der Waals surface area contributed by atoms with Gasteiger partial charge in [-0.05, 0) is 26.3 Å². The molecule has 1 aliphatic heterocycles. The van der Waals surface area contributed by atoms with Gasteiger partial charge in [-0.15, -0.1) is 0 Å². The van der Waals surface area contributed by atoms with Crippen LogP contribution in [0.5, 0.6) is 0 Å². The van der Waals surface area contributed by atoms with Crippen LogP contribution in [0.1, 0.15) is 26.3 Å². The Hall–Kier alpha value is -2.37. The Morgan fingerprint density at radius 1 is 1.13 bits per heavy atom. The van der Waals surface area contributed by atoms with Crippen LogP contribution in [0.25, 0.3) is 0 Å². The van der Waals surface area contributed by atoms with Crippen molar-refractivity contribution >= 4 is 17.9 Å². The van der Waals surface area contributed by atoms with Gasteiger partial charge in [-0.25, -0.2) is 4.79 Å². The predicted octanol–water partition coefficient (Wildman–Crippen LogP) is 1.69. The van der Waals surface area contributed by atoms with Crippen LogP contribution in [0.3, 0.4) is 0 Å². The monoisotopic (exact) mass is 316 g/mol. The summed E-state index contributed by atoms with van der Waals surface area (Å²) < 4.78 is 5.16. The number of fused-ring (bicyclic) bond motifs is 1. The Labute approximate surface area is 134 Å². The highest BCUT2D eigenvalue weighted by molar-refractivity contribution is 6.10. The number of ether oxygens (including phenoxy) is 1. The summed E-state index contributed by atoms with van der Waals surface area (Å²) >= 11 is 0. The molecule has 1 aromatic rings. The number of alkyl carbamates (subject to hydrolysis) is 1. The summed E-state index contributed by atoms with van der Waals surface area (Å²) in [4.78, 5) is 37.7. The lowest BCUT2D eigenvalue weighted by Crippen LogP contribution is -2.41. The van der Waals surface area contributed by atoms with E-state index in [2.05, 4.69) is 5.32 Å². The molecule has 1 heterocycles. The first-order chi connectivity index (χ1) is 10.8. The fourth-order valence-electron chi connectivity index (χ4n) is 2.94. The van der Waals surface area contributed by atoms with Gasteiger partial charge in [0, 0.05) is 0 Å². The molecule has 122 valence electrons. The summed E-state index contributed by atoms with van der Waals surface area (Å²) in [7, 11) is 0. The fourth-order valence-corrected chi connectivity index (χ4v) is 2.94. The minimum absolute atomic E-state index is 0.218. The molecule has 3 amide bonds. The molecule has 1 saturated heterocycles. The van der Waals surface area contributed by atoms with Crippen LogP contribution in [0, 0.1) is 11.8 Å². The summed E-state index contributed by atoms with van der Waals surface area (Å²) in [6, 6.07) is 8.94. The third kappa shape index (κ3) is 3.06. The largest absolute Gasteiger partial charge is 0.444 e. The van der Waals surface area contributed by atoms with E-state index in [4.69, 9.17) is 4.74 Å². The Kier molecular flexibility index (Phi) is 3.62. The molecule has 2 fully saturated rings. The minimum Gasteiger partial charge on any atom is -0.444 e. The van der Waals surface area contributed by atoms with Crippen molar-refractivity contribution in [3.05, 3.63) is 35.9 Å². The third-order valence-corrected chi connectivity index (χ3v) is 3.99. The molecule has 3 atom stereocenters. The maximum atomic E-state index is 12.4. The molecule has 0 bridgehead atoms. The lowest BCUT2D eigenvalue weighted by molar-refractivity contribution is -0.142. The fraction of sp³-hybridized carbons (Fsp3) is 0.471. The maximum Gasteiger partial charge on any atom is 0.407 e. The maximum absolute atomic E-state index is 12.4. The predicted molar refractivity (Wildman–Crippen MR) is 82.1 cm³/mol. The first-order valence-electron chi connectivity index (χ1n) is 7.66. The van der Waals surface area contributed by atoms with Crippen LogP contribution in [0.2, 0.25) is 0 Å². The Morgan fingerprint density at radius 3 is 2.22 bits per heavy atom. The van der Waals surface area contributed by atoms with Crippen molar-refractivity contribution in [1.82, 2.24) is 10.2 Å². The molecule has 1 aliphatic carbocycles. The number of amides is 3. The molecule has 2 aliphatic rings. The van der Waals surface area contributed by atoms with Crippen molar-refractivity contribution in [3.63, 3.8) is 0 Å². The molecular formula is C17H20N2O4. The number of likely N-dealkylation sites (tertiary alicyclic amines) is 1. The highest BCUT2D eigenvalue weighted by atomic mass is 16.6. The molecule has 1 saturated carbocycles. The van der Waals surface area contributed by atoms with Gasteiger partial charge in [0.15, 0.2) is 0 Å². The van der Waals surface area contributed by atoms with E-state index in [0.29, 0.717) is 0 Å². The Balaban J connectivity index is 1.60. The molecule has 23 heavy (non-hydrogen) atoms. The molecule has 3 rings (SSSR count). The van der Waals surface area contributed by atoms with E-state index in [0.717, 1.165) is 5.56 Å². The number of carbonyl (C=O) groups is 3. The van der Waals surface area contributed by atoms with Gasteiger partial charge in [0.25, 0.3) is 0 Å². The highest BCUT2D eigenvalue weighted by Crippen LogP contribution is 2.47. The Bertz CT molecular complexity index is 628. The molecular weight excluding hydrogens is 296 g/mol. The smallest absolute Gasteiger partial charge is 0.407 e. The quantitative estimate of drug-likeness (QED) is 0.861. The van der Waals surface area contributed by atoms with E-state index in [1.54, 1.807) is 20.8 Å². The van der Waals surface area contributed by atoms with E-state index in [1.807, 2.05) is 30.3 Å². The van der Waals surface area contributed by atoms with Gasteiger partial charge >= 0.3 is 6.09 Å². The molecule has 0 radical (unpaired) electrons. The van der Waals surface area contributed by atoms with E-state index >= 15 is 0 Å². The second-order valence-corrected chi connectivity index (χ2v) is 6.97. The van der Waals surface area contributed by atoms with Crippen molar-refractivity contribution in [2.45, 2.75) is 39.0 Å². The van der Waals surface area contributed by atoms with Crippen LogP contribution < -0.4 is 5.32 Å². The zero-order valence-electron chi connectivity index (χ0n) is 13.4. The molecule has 1 aromatic carbocycles. The van der Waals surface area contributed by atoms with Gasteiger partial charge in [-0.1, -0.05) is 30.3 Å². The van der Waals surface area contributed by atoms with Crippen molar-refractivity contribution in [1.29, 1.82) is 0 Å².